The van der Waals surface area contributed by atoms with Crippen LogP contribution in [0.4, 0.5) is 0 Å². The molecule has 14 heavy (non-hydrogen) atoms. The van der Waals surface area contributed by atoms with Gasteiger partial charge >= 0.3 is 0 Å². The minimum atomic E-state index is 0.112. The van der Waals surface area contributed by atoms with Gasteiger partial charge in [-0.3, -0.25) is 10.2 Å². The largest absolute Gasteiger partial charge is 0.291 e. The molecule has 3 rings (SSSR count). The third-order valence-electron chi connectivity index (χ3n) is 5.05. The number of hydrogen-bond donors (Lipinski definition) is 2. The van der Waals surface area contributed by atoms with Crippen LogP contribution in [0, 0.1) is 11.3 Å². The van der Waals surface area contributed by atoms with Gasteiger partial charge < -0.3 is 0 Å². The maximum atomic E-state index is 11.5. The molecule has 2 aliphatic carbocycles. The SMILES string of the molecule is CC1C(=O)NNC12CCC21CCCC1. The molecule has 2 saturated carbocycles. The van der Waals surface area contributed by atoms with Gasteiger partial charge in [0, 0.05) is 0 Å². The van der Waals surface area contributed by atoms with E-state index in [1.807, 2.05) is 0 Å². The quantitative estimate of drug-likeness (QED) is 0.611. The molecule has 2 atom stereocenters. The Hall–Kier alpha value is -0.570. The summed E-state index contributed by atoms with van der Waals surface area (Å²) in [6.07, 6.45) is 7.83. The zero-order chi connectivity index (χ0) is 9.81. The Balaban J connectivity index is 1.94. The first kappa shape index (κ1) is 8.72. The maximum absolute atomic E-state index is 11.5. The summed E-state index contributed by atoms with van der Waals surface area (Å²) < 4.78 is 0. The Bertz CT molecular complexity index is 283. The van der Waals surface area contributed by atoms with Gasteiger partial charge in [0.25, 0.3) is 0 Å². The number of carbonyl (C=O) groups is 1. The zero-order valence-electron chi connectivity index (χ0n) is 8.73. The molecule has 0 aromatic carbocycles. The normalized spacial score (nSPS) is 44.4. The van der Waals surface area contributed by atoms with Gasteiger partial charge in [-0.15, -0.1) is 0 Å². The van der Waals surface area contributed by atoms with E-state index >= 15 is 0 Å². The van der Waals surface area contributed by atoms with Gasteiger partial charge in [-0.25, -0.2) is 5.43 Å². The van der Waals surface area contributed by atoms with Crippen molar-refractivity contribution in [3.63, 3.8) is 0 Å². The van der Waals surface area contributed by atoms with Crippen molar-refractivity contribution in [3.05, 3.63) is 0 Å². The summed E-state index contributed by atoms with van der Waals surface area (Å²) in [6, 6.07) is 0. The van der Waals surface area contributed by atoms with Crippen LogP contribution in [-0.4, -0.2) is 11.4 Å². The molecular formula is C11H18N2O. The summed E-state index contributed by atoms with van der Waals surface area (Å²) in [5.41, 5.74) is 6.69. The molecule has 3 aliphatic rings. The molecule has 78 valence electrons. The zero-order valence-corrected chi connectivity index (χ0v) is 8.73. The predicted octanol–water partition coefficient (Wildman–Crippen LogP) is 1.35. The molecule has 2 spiro atoms. The Morgan fingerprint density at radius 2 is 1.93 bits per heavy atom. The van der Waals surface area contributed by atoms with Gasteiger partial charge in [-0.2, -0.15) is 0 Å². The highest BCUT2D eigenvalue weighted by molar-refractivity contribution is 5.82. The van der Waals surface area contributed by atoms with Crippen molar-refractivity contribution in [1.82, 2.24) is 10.9 Å². The van der Waals surface area contributed by atoms with Crippen LogP contribution in [0.1, 0.15) is 45.4 Å². The average Bonchev–Trinajstić information content (AvgIpc) is 2.75. The van der Waals surface area contributed by atoms with Crippen LogP contribution in [0.25, 0.3) is 0 Å². The van der Waals surface area contributed by atoms with E-state index in [0.717, 1.165) is 0 Å². The second kappa shape index (κ2) is 2.51. The molecule has 2 unspecified atom stereocenters. The van der Waals surface area contributed by atoms with E-state index < -0.39 is 0 Å². The Kier molecular flexibility index (Phi) is 1.56. The minimum Gasteiger partial charge on any atom is -0.291 e. The highest BCUT2D eigenvalue weighted by Crippen LogP contribution is 2.62. The van der Waals surface area contributed by atoms with E-state index in [9.17, 15) is 4.79 Å². The molecule has 0 radical (unpaired) electrons. The van der Waals surface area contributed by atoms with Gasteiger partial charge in [-0.1, -0.05) is 19.8 Å². The lowest BCUT2D eigenvalue weighted by molar-refractivity contribution is -0.125. The molecule has 1 aliphatic heterocycles. The van der Waals surface area contributed by atoms with Gasteiger partial charge in [-0.05, 0) is 31.1 Å². The summed E-state index contributed by atoms with van der Waals surface area (Å²) in [4.78, 5) is 11.5. The molecule has 3 nitrogen and oxygen atoms in total. The number of rotatable bonds is 0. The van der Waals surface area contributed by atoms with Crippen molar-refractivity contribution in [3.8, 4) is 0 Å². The fourth-order valence-electron chi connectivity index (χ4n) is 3.98. The monoisotopic (exact) mass is 194 g/mol. The van der Waals surface area contributed by atoms with Gasteiger partial charge in [0.2, 0.25) is 5.91 Å². The van der Waals surface area contributed by atoms with Crippen LogP contribution in [0.3, 0.4) is 0 Å². The molecule has 2 N–H and O–H groups in total. The van der Waals surface area contributed by atoms with Crippen molar-refractivity contribution in [2.45, 2.75) is 51.0 Å². The lowest BCUT2D eigenvalue weighted by atomic mass is 9.50. The molecule has 3 fully saturated rings. The Labute approximate surface area is 84.6 Å². The lowest BCUT2D eigenvalue weighted by Crippen LogP contribution is -2.65. The second-order valence-electron chi connectivity index (χ2n) is 5.29. The Morgan fingerprint density at radius 1 is 1.21 bits per heavy atom. The number of hydrazine groups is 1. The number of nitrogens with one attached hydrogen (secondary N) is 2. The van der Waals surface area contributed by atoms with E-state index in [1.165, 1.54) is 38.5 Å². The summed E-state index contributed by atoms with van der Waals surface area (Å²) in [5.74, 6) is 0.352. The molecular weight excluding hydrogens is 176 g/mol. The summed E-state index contributed by atoms with van der Waals surface area (Å²) >= 11 is 0. The van der Waals surface area contributed by atoms with Crippen LogP contribution >= 0.6 is 0 Å². The predicted molar refractivity (Wildman–Crippen MR) is 53.3 cm³/mol. The smallest absolute Gasteiger partial charge is 0.238 e. The lowest BCUT2D eigenvalue weighted by Gasteiger charge is -2.57. The number of fused-ring (bicyclic) bond motifs is 1. The van der Waals surface area contributed by atoms with Gasteiger partial charge in [0.05, 0.1) is 11.5 Å². The fraction of sp³-hybridized carbons (Fsp3) is 0.909. The Morgan fingerprint density at radius 3 is 2.36 bits per heavy atom. The first-order valence-electron chi connectivity index (χ1n) is 5.77. The molecule has 1 amide bonds. The number of amides is 1. The van der Waals surface area contributed by atoms with Crippen LogP contribution in [-0.2, 0) is 4.79 Å². The van der Waals surface area contributed by atoms with Crippen molar-refractivity contribution in [2.24, 2.45) is 11.3 Å². The third-order valence-corrected chi connectivity index (χ3v) is 5.05. The van der Waals surface area contributed by atoms with E-state index in [4.69, 9.17) is 0 Å². The molecule has 0 bridgehead atoms. The minimum absolute atomic E-state index is 0.112. The van der Waals surface area contributed by atoms with Gasteiger partial charge in [0.15, 0.2) is 0 Å². The number of hydrogen-bond acceptors (Lipinski definition) is 2. The standard InChI is InChI=1S/C11H18N2O/c1-8-9(14)12-13-11(8)7-6-10(11)4-2-3-5-10/h8,13H,2-7H2,1H3,(H,12,14). The third kappa shape index (κ3) is 0.761. The maximum Gasteiger partial charge on any atom is 0.238 e. The molecule has 1 heterocycles. The average molecular weight is 194 g/mol. The summed E-state index contributed by atoms with van der Waals surface area (Å²) in [5, 5.41) is 0. The van der Waals surface area contributed by atoms with E-state index in [-0.39, 0.29) is 17.4 Å². The van der Waals surface area contributed by atoms with Crippen molar-refractivity contribution in [1.29, 1.82) is 0 Å². The van der Waals surface area contributed by atoms with Crippen LogP contribution in [0.15, 0.2) is 0 Å². The van der Waals surface area contributed by atoms with Crippen molar-refractivity contribution < 1.29 is 4.79 Å². The fourth-order valence-corrected chi connectivity index (χ4v) is 3.98. The molecule has 3 heteroatoms. The molecule has 0 aromatic heterocycles. The first-order chi connectivity index (χ1) is 6.70. The van der Waals surface area contributed by atoms with Crippen LogP contribution < -0.4 is 10.9 Å². The topological polar surface area (TPSA) is 41.1 Å². The number of carbonyl (C=O) groups excluding carboxylic acids is 1. The van der Waals surface area contributed by atoms with Crippen LogP contribution in [0.2, 0.25) is 0 Å². The van der Waals surface area contributed by atoms with Gasteiger partial charge in [0.1, 0.15) is 0 Å². The van der Waals surface area contributed by atoms with E-state index in [1.54, 1.807) is 0 Å². The highest BCUT2D eigenvalue weighted by atomic mass is 16.2. The van der Waals surface area contributed by atoms with Crippen molar-refractivity contribution in [2.75, 3.05) is 0 Å². The van der Waals surface area contributed by atoms with E-state index in [0.29, 0.717) is 5.41 Å². The first-order valence-corrected chi connectivity index (χ1v) is 5.77. The van der Waals surface area contributed by atoms with Crippen LogP contribution in [0.5, 0.6) is 0 Å². The van der Waals surface area contributed by atoms with Crippen molar-refractivity contribution >= 4 is 5.91 Å². The molecule has 1 saturated heterocycles. The highest BCUT2D eigenvalue weighted by Gasteiger charge is 2.65. The second-order valence-corrected chi connectivity index (χ2v) is 5.29. The van der Waals surface area contributed by atoms with E-state index in [2.05, 4.69) is 17.8 Å². The summed E-state index contributed by atoms with van der Waals surface area (Å²) in [6.45, 7) is 2.08. The molecule has 0 aromatic rings. The summed E-state index contributed by atoms with van der Waals surface area (Å²) in [7, 11) is 0.